The van der Waals surface area contributed by atoms with Crippen molar-refractivity contribution in [3.05, 3.63) is 71.8 Å². The molecule has 0 bridgehead atoms. The van der Waals surface area contributed by atoms with Gasteiger partial charge in [-0.1, -0.05) is 65.7 Å². The van der Waals surface area contributed by atoms with Gasteiger partial charge < -0.3 is 5.11 Å². The predicted molar refractivity (Wildman–Crippen MR) is 80.6 cm³/mol. The third-order valence-electron chi connectivity index (χ3n) is 3.54. The molecule has 0 aliphatic carbocycles. The number of carbonyl (C=O) groups is 1. The highest BCUT2D eigenvalue weighted by molar-refractivity contribution is 5.89. The van der Waals surface area contributed by atoms with Crippen molar-refractivity contribution < 1.29 is 14.5 Å². The number of aliphatic hydroxyl groups is 1. The molecule has 0 unspecified atom stereocenters. The molecule has 0 atom stereocenters. The Labute approximate surface area is 122 Å². The number of hydrogen-bond donors (Lipinski definition) is 1. The first kappa shape index (κ1) is 13.4. The molecule has 2 aromatic carbocycles. The van der Waals surface area contributed by atoms with Crippen LogP contribution in [0, 0.1) is 0 Å². The Hall–Kier alpha value is -2.59. The van der Waals surface area contributed by atoms with Gasteiger partial charge in [-0.15, -0.1) is 0 Å². The summed E-state index contributed by atoms with van der Waals surface area (Å²) >= 11 is 0. The Kier molecular flexibility index (Phi) is 3.46. The summed E-state index contributed by atoms with van der Waals surface area (Å²) in [5.41, 5.74) is -0.629. The summed E-state index contributed by atoms with van der Waals surface area (Å²) in [5.74, 6) is -0.405. The molecular weight excluding hydrogens is 264 g/mol. The fourth-order valence-electron chi connectivity index (χ4n) is 2.43. The molecule has 0 aromatic heterocycles. The Bertz CT molecular complexity index is 667. The van der Waals surface area contributed by atoms with Gasteiger partial charge in [-0.3, -0.25) is 0 Å². The molecule has 3 rings (SSSR count). The fraction of sp³-hybridized carbons (Fsp3) is 0.118. The van der Waals surface area contributed by atoms with E-state index in [9.17, 15) is 9.90 Å². The second-order valence-electron chi connectivity index (χ2n) is 4.85. The lowest BCUT2D eigenvalue weighted by Crippen LogP contribution is -2.43. The summed E-state index contributed by atoms with van der Waals surface area (Å²) in [6.45, 7) is 0.376. The number of benzene rings is 2. The SMILES string of the molecule is O=C([N+]1=CN=CC1)C(O)(c1ccccc1)c1ccccc1. The predicted octanol–water partition coefficient (Wildman–Crippen LogP) is 1.57. The number of rotatable bonds is 3. The second-order valence-corrected chi connectivity index (χ2v) is 4.85. The van der Waals surface area contributed by atoms with Crippen LogP contribution < -0.4 is 0 Å². The maximum absolute atomic E-state index is 12.8. The lowest BCUT2D eigenvalue weighted by Gasteiger charge is -2.25. The zero-order chi connectivity index (χ0) is 14.7. The molecule has 0 saturated carbocycles. The quantitative estimate of drug-likeness (QED) is 0.867. The molecule has 1 amide bonds. The van der Waals surface area contributed by atoms with E-state index in [1.807, 2.05) is 12.1 Å². The van der Waals surface area contributed by atoms with Crippen molar-refractivity contribution in [2.75, 3.05) is 6.54 Å². The van der Waals surface area contributed by atoms with Gasteiger partial charge in [-0.05, 0) is 0 Å². The van der Waals surface area contributed by atoms with Crippen molar-refractivity contribution in [3.8, 4) is 0 Å². The highest BCUT2D eigenvalue weighted by Gasteiger charge is 2.44. The van der Waals surface area contributed by atoms with Crippen LogP contribution in [0.4, 0.5) is 0 Å². The van der Waals surface area contributed by atoms with Crippen LogP contribution in [0.25, 0.3) is 0 Å². The van der Waals surface area contributed by atoms with Crippen molar-refractivity contribution in [3.63, 3.8) is 0 Å². The summed E-state index contributed by atoms with van der Waals surface area (Å²) in [6, 6.07) is 17.9. The minimum atomic E-state index is -1.72. The van der Waals surface area contributed by atoms with Crippen LogP contribution in [-0.2, 0) is 10.4 Å². The summed E-state index contributed by atoms with van der Waals surface area (Å²) < 4.78 is 1.42. The van der Waals surface area contributed by atoms with E-state index in [1.54, 1.807) is 54.7 Å². The molecule has 1 aliphatic heterocycles. The molecule has 0 saturated heterocycles. The van der Waals surface area contributed by atoms with E-state index in [-0.39, 0.29) is 0 Å². The third kappa shape index (κ3) is 2.30. The zero-order valence-electron chi connectivity index (χ0n) is 11.4. The first-order chi connectivity index (χ1) is 10.2. The Morgan fingerprint density at radius 3 is 1.95 bits per heavy atom. The lowest BCUT2D eigenvalue weighted by atomic mass is 9.85. The third-order valence-corrected chi connectivity index (χ3v) is 3.54. The van der Waals surface area contributed by atoms with E-state index in [2.05, 4.69) is 4.99 Å². The number of amides is 1. The van der Waals surface area contributed by atoms with E-state index in [4.69, 9.17) is 0 Å². The van der Waals surface area contributed by atoms with Gasteiger partial charge in [0.05, 0.1) is 0 Å². The van der Waals surface area contributed by atoms with Crippen molar-refractivity contribution in [1.29, 1.82) is 0 Å². The first-order valence-corrected chi connectivity index (χ1v) is 6.72. The summed E-state index contributed by atoms with van der Waals surface area (Å²) in [5, 5.41) is 11.2. The summed E-state index contributed by atoms with van der Waals surface area (Å²) in [6.07, 6.45) is 3.08. The minimum absolute atomic E-state index is 0.376. The largest absolute Gasteiger partial charge is 0.370 e. The van der Waals surface area contributed by atoms with E-state index >= 15 is 0 Å². The maximum atomic E-state index is 12.8. The number of carbonyl (C=O) groups excluding carboxylic acids is 1. The van der Waals surface area contributed by atoms with Gasteiger partial charge in [-0.2, -0.15) is 4.58 Å². The van der Waals surface area contributed by atoms with Gasteiger partial charge in [0.2, 0.25) is 5.60 Å². The topological polar surface area (TPSA) is 52.7 Å². The van der Waals surface area contributed by atoms with Crippen LogP contribution >= 0.6 is 0 Å². The highest BCUT2D eigenvalue weighted by atomic mass is 16.3. The lowest BCUT2D eigenvalue weighted by molar-refractivity contribution is -0.437. The normalized spacial score (nSPS) is 14.0. The molecule has 0 fully saturated rings. The molecular formula is C17H15N2O2+. The van der Waals surface area contributed by atoms with E-state index in [0.29, 0.717) is 17.7 Å². The highest BCUT2D eigenvalue weighted by Crippen LogP contribution is 2.30. The minimum Gasteiger partial charge on any atom is -0.370 e. The second kappa shape index (κ2) is 5.42. The van der Waals surface area contributed by atoms with E-state index < -0.39 is 11.5 Å². The number of hydrogen-bond acceptors (Lipinski definition) is 3. The van der Waals surface area contributed by atoms with Gasteiger partial charge in [0.25, 0.3) is 6.34 Å². The standard InChI is InChI=1S/C17H15N2O2/c20-16(19-12-11-18-13-19)17(21,14-7-3-1-4-8-14)15-9-5-2-6-10-15/h1-11,13,21H,12H2/q+1. The van der Waals surface area contributed by atoms with Crippen LogP contribution in [0.1, 0.15) is 11.1 Å². The van der Waals surface area contributed by atoms with Gasteiger partial charge >= 0.3 is 5.91 Å². The van der Waals surface area contributed by atoms with Crippen LogP contribution in [0.2, 0.25) is 0 Å². The average Bonchev–Trinajstić information content (AvgIpc) is 3.09. The maximum Gasteiger partial charge on any atom is 0.350 e. The molecule has 1 N–H and O–H groups in total. The number of nitrogens with zero attached hydrogens (tertiary/aromatic N) is 2. The van der Waals surface area contributed by atoms with Gasteiger partial charge in [0, 0.05) is 11.1 Å². The van der Waals surface area contributed by atoms with Crippen LogP contribution in [0.15, 0.2) is 65.7 Å². The Balaban J connectivity index is 2.14. The molecule has 4 nitrogen and oxygen atoms in total. The van der Waals surface area contributed by atoms with Gasteiger partial charge in [0.1, 0.15) is 0 Å². The van der Waals surface area contributed by atoms with Crippen molar-refractivity contribution in [2.24, 2.45) is 4.99 Å². The Morgan fingerprint density at radius 2 is 1.52 bits per heavy atom. The van der Waals surface area contributed by atoms with Crippen LogP contribution in [0.5, 0.6) is 0 Å². The van der Waals surface area contributed by atoms with E-state index in [1.165, 1.54) is 10.9 Å². The first-order valence-electron chi connectivity index (χ1n) is 6.72. The summed E-state index contributed by atoms with van der Waals surface area (Å²) in [4.78, 5) is 16.8. The van der Waals surface area contributed by atoms with Crippen LogP contribution in [-0.4, -0.2) is 34.7 Å². The molecule has 21 heavy (non-hydrogen) atoms. The van der Waals surface area contributed by atoms with E-state index in [0.717, 1.165) is 0 Å². The summed E-state index contributed by atoms with van der Waals surface area (Å²) in [7, 11) is 0. The molecule has 0 radical (unpaired) electrons. The van der Waals surface area contributed by atoms with Crippen molar-refractivity contribution >= 4 is 18.5 Å². The van der Waals surface area contributed by atoms with Crippen molar-refractivity contribution in [2.45, 2.75) is 5.60 Å². The van der Waals surface area contributed by atoms with Gasteiger partial charge in [0.15, 0.2) is 12.8 Å². The van der Waals surface area contributed by atoms with Crippen molar-refractivity contribution in [1.82, 2.24) is 0 Å². The molecule has 1 aliphatic rings. The van der Waals surface area contributed by atoms with Gasteiger partial charge in [-0.25, -0.2) is 4.79 Å². The fourth-order valence-corrected chi connectivity index (χ4v) is 2.43. The molecule has 1 heterocycles. The molecule has 0 spiro atoms. The monoisotopic (exact) mass is 279 g/mol. The molecule has 4 heteroatoms. The smallest absolute Gasteiger partial charge is 0.350 e. The zero-order valence-corrected chi connectivity index (χ0v) is 11.4. The molecule has 2 aromatic rings. The molecule has 104 valence electrons. The Morgan fingerprint density at radius 1 is 1.00 bits per heavy atom. The number of aliphatic imine (C=N–C) groups is 1. The van der Waals surface area contributed by atoms with Crippen LogP contribution in [0.3, 0.4) is 0 Å². The average molecular weight is 279 g/mol.